The van der Waals surface area contributed by atoms with Crippen LogP contribution in [-0.2, 0) is 9.59 Å². The molecule has 0 spiro atoms. The Morgan fingerprint density at radius 3 is 2.62 bits per heavy atom. The van der Waals surface area contributed by atoms with Gasteiger partial charge in [0.2, 0.25) is 5.91 Å². The minimum absolute atomic E-state index is 0.00663. The second-order valence-electron chi connectivity index (χ2n) is 4.74. The van der Waals surface area contributed by atoms with E-state index < -0.39 is 11.9 Å². The SMILES string of the molecule is O=C(O)[C@H]1C[C@H]1C(=O)N1CCC(CCO)C1. The molecule has 2 rings (SSSR count). The maximum absolute atomic E-state index is 11.9. The Labute approximate surface area is 94.0 Å². The van der Waals surface area contributed by atoms with E-state index in [2.05, 4.69) is 0 Å². The van der Waals surface area contributed by atoms with E-state index in [-0.39, 0.29) is 18.4 Å². The first kappa shape index (κ1) is 11.4. The van der Waals surface area contributed by atoms with Crippen molar-refractivity contribution in [3.8, 4) is 0 Å². The first-order chi connectivity index (χ1) is 7.63. The van der Waals surface area contributed by atoms with E-state index in [1.807, 2.05) is 0 Å². The van der Waals surface area contributed by atoms with Crippen molar-refractivity contribution >= 4 is 11.9 Å². The maximum atomic E-state index is 11.9. The molecule has 0 aromatic rings. The number of rotatable bonds is 4. The molecule has 1 heterocycles. The summed E-state index contributed by atoms with van der Waals surface area (Å²) in [6.07, 6.45) is 2.16. The van der Waals surface area contributed by atoms with Gasteiger partial charge in [-0.15, -0.1) is 0 Å². The molecule has 1 aliphatic carbocycles. The van der Waals surface area contributed by atoms with Crippen molar-refractivity contribution in [2.45, 2.75) is 19.3 Å². The van der Waals surface area contributed by atoms with Gasteiger partial charge in [0.05, 0.1) is 11.8 Å². The van der Waals surface area contributed by atoms with Crippen LogP contribution >= 0.6 is 0 Å². The van der Waals surface area contributed by atoms with Crippen molar-refractivity contribution in [1.29, 1.82) is 0 Å². The van der Waals surface area contributed by atoms with Crippen LogP contribution in [0, 0.1) is 17.8 Å². The third-order valence-corrected chi connectivity index (χ3v) is 3.56. The lowest BCUT2D eigenvalue weighted by Gasteiger charge is -2.16. The van der Waals surface area contributed by atoms with Crippen molar-refractivity contribution in [2.75, 3.05) is 19.7 Å². The van der Waals surface area contributed by atoms with Gasteiger partial charge < -0.3 is 15.1 Å². The molecule has 16 heavy (non-hydrogen) atoms. The van der Waals surface area contributed by atoms with Crippen molar-refractivity contribution in [2.24, 2.45) is 17.8 Å². The highest BCUT2D eigenvalue weighted by Crippen LogP contribution is 2.41. The smallest absolute Gasteiger partial charge is 0.307 e. The number of aliphatic hydroxyl groups excluding tert-OH is 1. The van der Waals surface area contributed by atoms with Gasteiger partial charge in [0, 0.05) is 19.7 Å². The normalized spacial score (nSPS) is 32.8. The van der Waals surface area contributed by atoms with Crippen molar-refractivity contribution < 1.29 is 19.8 Å². The van der Waals surface area contributed by atoms with Gasteiger partial charge in [0.1, 0.15) is 0 Å². The fraction of sp³-hybridized carbons (Fsp3) is 0.818. The summed E-state index contributed by atoms with van der Waals surface area (Å²) in [6.45, 7) is 1.56. The molecule has 3 atom stereocenters. The van der Waals surface area contributed by atoms with Gasteiger partial charge in [-0.05, 0) is 25.2 Å². The van der Waals surface area contributed by atoms with Gasteiger partial charge >= 0.3 is 5.97 Å². The third-order valence-electron chi connectivity index (χ3n) is 3.56. The van der Waals surface area contributed by atoms with Crippen LogP contribution in [0.1, 0.15) is 19.3 Å². The summed E-state index contributed by atoms with van der Waals surface area (Å²) in [5.74, 6) is -1.22. The maximum Gasteiger partial charge on any atom is 0.307 e. The Hall–Kier alpha value is -1.10. The molecule has 1 saturated heterocycles. The number of carbonyl (C=O) groups is 2. The molecule has 2 aliphatic rings. The van der Waals surface area contributed by atoms with Crippen molar-refractivity contribution in [3.63, 3.8) is 0 Å². The van der Waals surface area contributed by atoms with Gasteiger partial charge in [0.15, 0.2) is 0 Å². The lowest BCUT2D eigenvalue weighted by Crippen LogP contribution is -2.31. The summed E-state index contributed by atoms with van der Waals surface area (Å²) >= 11 is 0. The molecular formula is C11H17NO4. The Kier molecular flexibility index (Phi) is 3.14. The number of likely N-dealkylation sites (tertiary alicyclic amines) is 1. The predicted molar refractivity (Wildman–Crippen MR) is 55.6 cm³/mol. The van der Waals surface area contributed by atoms with Crippen LogP contribution in [0.3, 0.4) is 0 Å². The second kappa shape index (κ2) is 4.41. The minimum Gasteiger partial charge on any atom is -0.481 e. The average Bonchev–Trinajstić information content (AvgIpc) is 2.92. The average molecular weight is 227 g/mol. The van der Waals surface area contributed by atoms with Crippen LogP contribution in [0.4, 0.5) is 0 Å². The Morgan fingerprint density at radius 1 is 1.31 bits per heavy atom. The summed E-state index contributed by atoms with van der Waals surface area (Å²) < 4.78 is 0. The van der Waals surface area contributed by atoms with Gasteiger partial charge in [-0.25, -0.2) is 0 Å². The van der Waals surface area contributed by atoms with Gasteiger partial charge in [-0.2, -0.15) is 0 Å². The summed E-state index contributed by atoms with van der Waals surface area (Å²) in [5, 5.41) is 17.6. The van der Waals surface area contributed by atoms with E-state index in [0.717, 1.165) is 12.8 Å². The first-order valence-corrected chi connectivity index (χ1v) is 5.76. The van der Waals surface area contributed by atoms with Gasteiger partial charge in [-0.3, -0.25) is 9.59 Å². The fourth-order valence-electron chi connectivity index (χ4n) is 2.43. The molecule has 5 heteroatoms. The first-order valence-electron chi connectivity index (χ1n) is 5.76. The molecular weight excluding hydrogens is 210 g/mol. The molecule has 0 aromatic carbocycles. The number of hydrogen-bond donors (Lipinski definition) is 2. The van der Waals surface area contributed by atoms with Crippen LogP contribution in [0.5, 0.6) is 0 Å². The standard InChI is InChI=1S/C11H17NO4/c13-4-2-7-1-3-12(6-7)10(14)8-5-9(8)11(15)16/h7-9,13H,1-6H2,(H,15,16)/t7?,8-,9+/m1/s1. The summed E-state index contributed by atoms with van der Waals surface area (Å²) in [6, 6.07) is 0. The summed E-state index contributed by atoms with van der Waals surface area (Å²) in [4.78, 5) is 24.3. The lowest BCUT2D eigenvalue weighted by molar-refractivity contribution is -0.141. The Morgan fingerprint density at radius 2 is 2.06 bits per heavy atom. The topological polar surface area (TPSA) is 77.8 Å². The number of carboxylic acids is 1. The number of aliphatic carboxylic acids is 1. The monoisotopic (exact) mass is 227 g/mol. The Bertz CT molecular complexity index is 304. The highest BCUT2D eigenvalue weighted by molar-refractivity contribution is 5.89. The molecule has 5 nitrogen and oxygen atoms in total. The largest absolute Gasteiger partial charge is 0.481 e. The molecule has 1 saturated carbocycles. The molecule has 0 aromatic heterocycles. The number of nitrogens with zero attached hydrogens (tertiary/aromatic N) is 1. The molecule has 1 unspecified atom stereocenters. The zero-order chi connectivity index (χ0) is 11.7. The number of carboxylic acid groups (broad SMARTS) is 1. The van der Waals surface area contributed by atoms with E-state index >= 15 is 0 Å². The highest BCUT2D eigenvalue weighted by Gasteiger charge is 2.50. The molecule has 2 N–H and O–H groups in total. The Balaban J connectivity index is 1.82. The minimum atomic E-state index is -0.857. The summed E-state index contributed by atoms with van der Waals surface area (Å²) in [5.41, 5.74) is 0. The summed E-state index contributed by atoms with van der Waals surface area (Å²) in [7, 11) is 0. The van der Waals surface area contributed by atoms with E-state index in [4.69, 9.17) is 10.2 Å². The highest BCUT2D eigenvalue weighted by atomic mass is 16.4. The zero-order valence-corrected chi connectivity index (χ0v) is 9.13. The molecule has 0 bridgehead atoms. The van der Waals surface area contributed by atoms with E-state index in [9.17, 15) is 9.59 Å². The predicted octanol–water partition coefficient (Wildman–Crippen LogP) is -0.0620. The lowest BCUT2D eigenvalue weighted by atomic mass is 10.1. The second-order valence-corrected chi connectivity index (χ2v) is 4.74. The number of amides is 1. The van der Waals surface area contributed by atoms with Crippen LogP contribution < -0.4 is 0 Å². The zero-order valence-electron chi connectivity index (χ0n) is 9.13. The van der Waals surface area contributed by atoms with Crippen LogP contribution in [0.2, 0.25) is 0 Å². The number of aliphatic hydroxyl groups is 1. The van der Waals surface area contributed by atoms with Gasteiger partial charge in [-0.1, -0.05) is 0 Å². The van der Waals surface area contributed by atoms with E-state index in [0.29, 0.717) is 25.4 Å². The third kappa shape index (κ3) is 2.19. The van der Waals surface area contributed by atoms with Crippen molar-refractivity contribution in [3.05, 3.63) is 0 Å². The molecule has 90 valence electrons. The molecule has 2 fully saturated rings. The van der Waals surface area contributed by atoms with Crippen LogP contribution in [-0.4, -0.2) is 46.7 Å². The molecule has 1 amide bonds. The molecule has 0 radical (unpaired) electrons. The fourth-order valence-corrected chi connectivity index (χ4v) is 2.43. The van der Waals surface area contributed by atoms with E-state index in [1.165, 1.54) is 0 Å². The van der Waals surface area contributed by atoms with E-state index in [1.54, 1.807) is 4.90 Å². The van der Waals surface area contributed by atoms with Gasteiger partial charge in [0.25, 0.3) is 0 Å². The molecule has 1 aliphatic heterocycles. The number of carbonyl (C=O) groups excluding carboxylic acids is 1. The quantitative estimate of drug-likeness (QED) is 0.705. The number of hydrogen-bond acceptors (Lipinski definition) is 3. The van der Waals surface area contributed by atoms with Crippen molar-refractivity contribution in [1.82, 2.24) is 4.90 Å². The van der Waals surface area contributed by atoms with Crippen LogP contribution in [0.25, 0.3) is 0 Å². The van der Waals surface area contributed by atoms with Crippen LogP contribution in [0.15, 0.2) is 0 Å².